The molecule has 0 saturated carbocycles. The van der Waals surface area contributed by atoms with Crippen molar-refractivity contribution in [2.75, 3.05) is 12.4 Å². The molecule has 0 spiro atoms. The number of rotatable bonds is 5. The van der Waals surface area contributed by atoms with Gasteiger partial charge in [-0.2, -0.15) is 0 Å². The van der Waals surface area contributed by atoms with E-state index in [0.717, 1.165) is 11.6 Å². The summed E-state index contributed by atoms with van der Waals surface area (Å²) in [5.74, 6) is -1.90. The highest BCUT2D eigenvalue weighted by Gasteiger charge is 2.20. The van der Waals surface area contributed by atoms with Crippen LogP contribution in [0.4, 0.5) is 10.1 Å². The minimum absolute atomic E-state index is 0.0349. The highest BCUT2D eigenvalue weighted by atomic mass is 19.1. The quantitative estimate of drug-likeness (QED) is 0.855. The fourth-order valence-corrected chi connectivity index (χ4v) is 2.34. The van der Waals surface area contributed by atoms with Crippen LogP contribution in [-0.4, -0.2) is 19.0 Å². The molecule has 0 fully saturated rings. The average molecular weight is 315 g/mol. The molecule has 120 valence electrons. The Morgan fingerprint density at radius 3 is 2.48 bits per heavy atom. The normalized spacial score (nSPS) is 11.6. The van der Waals surface area contributed by atoms with Gasteiger partial charge in [-0.1, -0.05) is 37.3 Å². The number of halogens is 1. The molecular weight excluding hydrogens is 297 g/mol. The van der Waals surface area contributed by atoms with Gasteiger partial charge >= 0.3 is 5.97 Å². The van der Waals surface area contributed by atoms with Crippen molar-refractivity contribution < 1.29 is 18.7 Å². The minimum Gasteiger partial charge on any atom is -0.465 e. The molecule has 2 rings (SSSR count). The Labute approximate surface area is 134 Å². The van der Waals surface area contributed by atoms with E-state index in [1.807, 2.05) is 37.3 Å². The first kappa shape index (κ1) is 16.7. The van der Waals surface area contributed by atoms with Crippen molar-refractivity contribution in [3.05, 3.63) is 65.5 Å². The van der Waals surface area contributed by atoms with Crippen molar-refractivity contribution in [3.63, 3.8) is 0 Å². The summed E-state index contributed by atoms with van der Waals surface area (Å²) >= 11 is 0. The van der Waals surface area contributed by atoms with Gasteiger partial charge in [0.2, 0.25) is 5.91 Å². The Bertz CT molecular complexity index is 701. The third kappa shape index (κ3) is 3.94. The Morgan fingerprint density at radius 2 is 1.87 bits per heavy atom. The number of hydrogen-bond acceptors (Lipinski definition) is 3. The van der Waals surface area contributed by atoms with Gasteiger partial charge in [0.25, 0.3) is 0 Å². The number of nitrogens with one attached hydrogen (secondary N) is 1. The van der Waals surface area contributed by atoms with Crippen LogP contribution in [0.1, 0.15) is 35.2 Å². The second-order valence-electron chi connectivity index (χ2n) is 5.05. The van der Waals surface area contributed by atoms with Gasteiger partial charge in [-0.3, -0.25) is 4.79 Å². The molecule has 2 aromatic rings. The van der Waals surface area contributed by atoms with Crippen LogP contribution in [0.5, 0.6) is 0 Å². The molecule has 0 aliphatic rings. The van der Waals surface area contributed by atoms with Crippen molar-refractivity contribution in [1.82, 2.24) is 0 Å². The summed E-state index contributed by atoms with van der Waals surface area (Å²) in [7, 11) is 1.24. The van der Waals surface area contributed by atoms with Gasteiger partial charge in [0.05, 0.1) is 24.3 Å². The number of hydrogen-bond donors (Lipinski definition) is 1. The summed E-state index contributed by atoms with van der Waals surface area (Å²) in [6.45, 7) is 1.89. The van der Waals surface area contributed by atoms with E-state index in [9.17, 15) is 14.0 Å². The average Bonchev–Trinajstić information content (AvgIpc) is 2.57. The molecule has 1 atom stereocenters. The van der Waals surface area contributed by atoms with Gasteiger partial charge in [0.1, 0.15) is 5.82 Å². The zero-order valence-corrected chi connectivity index (χ0v) is 13.0. The van der Waals surface area contributed by atoms with Gasteiger partial charge in [0, 0.05) is 0 Å². The zero-order chi connectivity index (χ0) is 16.8. The monoisotopic (exact) mass is 315 g/mol. The summed E-state index contributed by atoms with van der Waals surface area (Å²) in [5.41, 5.74) is 1.00. The molecule has 1 amide bonds. The Hall–Kier alpha value is -2.69. The molecule has 1 N–H and O–H groups in total. The highest BCUT2D eigenvalue weighted by Crippen LogP contribution is 2.23. The van der Waals surface area contributed by atoms with Gasteiger partial charge < -0.3 is 10.1 Å². The third-order valence-electron chi connectivity index (χ3n) is 3.57. The largest absolute Gasteiger partial charge is 0.465 e. The van der Waals surface area contributed by atoms with Crippen LogP contribution < -0.4 is 5.32 Å². The molecule has 0 radical (unpaired) electrons. The highest BCUT2D eigenvalue weighted by molar-refractivity contribution is 5.97. The molecule has 5 heteroatoms. The maximum atomic E-state index is 13.9. The number of benzene rings is 2. The fraction of sp³-hybridized carbons (Fsp3) is 0.222. The van der Waals surface area contributed by atoms with E-state index in [1.54, 1.807) is 0 Å². The maximum absolute atomic E-state index is 13.9. The standard InChI is InChI=1S/C18H18FNO3/c1-3-14(12-7-5-4-6-8-12)17(21)20-16-11-13(18(22)23-2)9-10-15(16)19/h4-11,14H,3H2,1-2H3,(H,20,21)/t14-/m1/s1. The van der Waals surface area contributed by atoms with Gasteiger partial charge in [-0.25, -0.2) is 9.18 Å². The molecular formula is C18H18FNO3. The van der Waals surface area contributed by atoms with Crippen LogP contribution in [0.3, 0.4) is 0 Å². The number of carbonyl (C=O) groups is 2. The van der Waals surface area contributed by atoms with Crippen molar-refractivity contribution in [2.24, 2.45) is 0 Å². The lowest BCUT2D eigenvalue weighted by Gasteiger charge is -2.16. The van der Waals surface area contributed by atoms with E-state index < -0.39 is 17.7 Å². The first-order valence-electron chi connectivity index (χ1n) is 7.30. The summed E-state index contributed by atoms with van der Waals surface area (Å²) < 4.78 is 18.5. The van der Waals surface area contributed by atoms with Crippen LogP contribution in [0.2, 0.25) is 0 Å². The third-order valence-corrected chi connectivity index (χ3v) is 3.57. The van der Waals surface area contributed by atoms with Gasteiger partial charge in [-0.05, 0) is 30.2 Å². The van der Waals surface area contributed by atoms with E-state index in [0.29, 0.717) is 6.42 Å². The smallest absolute Gasteiger partial charge is 0.337 e. The van der Waals surface area contributed by atoms with Crippen molar-refractivity contribution in [1.29, 1.82) is 0 Å². The van der Waals surface area contributed by atoms with Crippen molar-refractivity contribution >= 4 is 17.6 Å². The number of carbonyl (C=O) groups excluding carboxylic acids is 2. The van der Waals surface area contributed by atoms with Crippen molar-refractivity contribution in [2.45, 2.75) is 19.3 Å². The summed E-state index contributed by atoms with van der Waals surface area (Å²) in [5, 5.41) is 2.56. The number of esters is 1. The van der Waals surface area contributed by atoms with E-state index >= 15 is 0 Å². The summed E-state index contributed by atoms with van der Waals surface area (Å²) in [4.78, 5) is 24.0. The zero-order valence-electron chi connectivity index (χ0n) is 13.0. The molecule has 0 bridgehead atoms. The Balaban J connectivity index is 2.23. The molecule has 0 saturated heterocycles. The van der Waals surface area contributed by atoms with Crippen LogP contribution in [0.25, 0.3) is 0 Å². The van der Waals surface area contributed by atoms with Crippen LogP contribution >= 0.6 is 0 Å². The number of anilines is 1. The molecule has 23 heavy (non-hydrogen) atoms. The van der Waals surface area contributed by atoms with Gasteiger partial charge in [-0.15, -0.1) is 0 Å². The van der Waals surface area contributed by atoms with E-state index in [2.05, 4.69) is 10.1 Å². The lowest BCUT2D eigenvalue weighted by Crippen LogP contribution is -2.21. The number of amides is 1. The molecule has 4 nitrogen and oxygen atoms in total. The lowest BCUT2D eigenvalue weighted by atomic mass is 9.95. The number of ether oxygens (including phenoxy) is 1. The van der Waals surface area contributed by atoms with Crippen LogP contribution in [-0.2, 0) is 9.53 Å². The molecule has 0 aliphatic heterocycles. The van der Waals surface area contributed by atoms with E-state index in [-0.39, 0.29) is 17.2 Å². The second-order valence-corrected chi connectivity index (χ2v) is 5.05. The summed E-state index contributed by atoms with van der Waals surface area (Å²) in [6.07, 6.45) is 0.578. The fourth-order valence-electron chi connectivity index (χ4n) is 2.34. The predicted octanol–water partition coefficient (Wildman–Crippen LogP) is 3.74. The first-order valence-corrected chi connectivity index (χ1v) is 7.30. The molecule has 0 aliphatic carbocycles. The molecule has 0 aromatic heterocycles. The summed E-state index contributed by atoms with van der Waals surface area (Å²) in [6, 6.07) is 13.0. The second kappa shape index (κ2) is 7.54. The maximum Gasteiger partial charge on any atom is 0.337 e. The van der Waals surface area contributed by atoms with Gasteiger partial charge in [0.15, 0.2) is 0 Å². The minimum atomic E-state index is -0.603. The van der Waals surface area contributed by atoms with E-state index in [4.69, 9.17) is 0 Å². The van der Waals surface area contributed by atoms with Crippen LogP contribution in [0.15, 0.2) is 48.5 Å². The topological polar surface area (TPSA) is 55.4 Å². The van der Waals surface area contributed by atoms with E-state index in [1.165, 1.54) is 19.2 Å². The first-order chi connectivity index (χ1) is 11.1. The Kier molecular flexibility index (Phi) is 5.46. The SMILES string of the molecule is CC[C@@H](C(=O)Nc1cc(C(=O)OC)ccc1F)c1ccccc1. The molecule has 0 heterocycles. The lowest BCUT2D eigenvalue weighted by molar-refractivity contribution is -0.117. The molecule has 0 unspecified atom stereocenters. The van der Waals surface area contributed by atoms with Crippen LogP contribution in [0, 0.1) is 5.82 Å². The predicted molar refractivity (Wildman–Crippen MR) is 85.8 cm³/mol. The number of methoxy groups -OCH3 is 1. The Morgan fingerprint density at radius 1 is 1.17 bits per heavy atom. The molecule has 2 aromatic carbocycles. The van der Waals surface area contributed by atoms with Crippen molar-refractivity contribution in [3.8, 4) is 0 Å².